The second-order valence-electron chi connectivity index (χ2n) is 4.40. The quantitative estimate of drug-likeness (QED) is 0.598. The van der Waals surface area contributed by atoms with E-state index in [-0.39, 0.29) is 6.04 Å². The smallest absolute Gasteiger partial charge is 0.0624 e. The molecule has 0 saturated carbocycles. The van der Waals surface area contributed by atoms with Gasteiger partial charge >= 0.3 is 0 Å². The molecule has 0 radical (unpaired) electrons. The second-order valence-corrected chi connectivity index (χ2v) is 4.40. The summed E-state index contributed by atoms with van der Waals surface area (Å²) < 4.78 is 2.03. The highest BCUT2D eigenvalue weighted by Crippen LogP contribution is 2.17. The van der Waals surface area contributed by atoms with Gasteiger partial charge in [-0.1, -0.05) is 6.92 Å². The van der Waals surface area contributed by atoms with E-state index >= 15 is 0 Å². The first kappa shape index (κ1) is 13.6. The molecule has 6 heteroatoms. The Balaban J connectivity index is 2.21. The van der Waals surface area contributed by atoms with Gasteiger partial charge < -0.3 is 0 Å². The standard InChI is InChI=1S/C13H20N6/c1-3-11-7-12(19(4-2)18-11)8-13(17-14)10-5-6-15-16-9-10/h5-7,9,13,17H,3-4,8,14H2,1-2H3. The van der Waals surface area contributed by atoms with Crippen LogP contribution in [0.1, 0.15) is 36.8 Å². The molecule has 1 atom stereocenters. The Morgan fingerprint density at radius 2 is 2.21 bits per heavy atom. The molecule has 1 unspecified atom stereocenters. The molecule has 19 heavy (non-hydrogen) atoms. The van der Waals surface area contributed by atoms with Crippen molar-refractivity contribution >= 4 is 0 Å². The van der Waals surface area contributed by atoms with Gasteiger partial charge in [0, 0.05) is 24.9 Å². The van der Waals surface area contributed by atoms with E-state index in [4.69, 9.17) is 5.84 Å². The van der Waals surface area contributed by atoms with Crippen LogP contribution in [0.4, 0.5) is 0 Å². The number of nitrogens with one attached hydrogen (secondary N) is 1. The molecule has 0 spiro atoms. The summed E-state index contributed by atoms with van der Waals surface area (Å²) in [5.41, 5.74) is 6.16. The SMILES string of the molecule is CCc1cc(CC(NN)c2ccnnc2)n(CC)n1. The van der Waals surface area contributed by atoms with E-state index in [9.17, 15) is 0 Å². The largest absolute Gasteiger partial charge is 0.271 e. The zero-order valence-corrected chi connectivity index (χ0v) is 11.4. The molecule has 6 nitrogen and oxygen atoms in total. The van der Waals surface area contributed by atoms with Crippen molar-refractivity contribution in [2.75, 3.05) is 0 Å². The zero-order chi connectivity index (χ0) is 13.7. The molecule has 2 rings (SSSR count). The Morgan fingerprint density at radius 1 is 1.37 bits per heavy atom. The van der Waals surface area contributed by atoms with E-state index in [1.807, 2.05) is 10.7 Å². The Kier molecular flexibility index (Phi) is 4.59. The maximum atomic E-state index is 5.66. The molecule has 0 fully saturated rings. The van der Waals surface area contributed by atoms with Crippen LogP contribution >= 0.6 is 0 Å². The number of nitrogens with zero attached hydrogens (tertiary/aromatic N) is 4. The molecule has 0 saturated heterocycles. The molecular formula is C13H20N6. The second kappa shape index (κ2) is 6.40. The molecule has 0 amide bonds. The van der Waals surface area contributed by atoms with Crippen LogP contribution in [-0.4, -0.2) is 20.0 Å². The molecule has 102 valence electrons. The molecule has 2 heterocycles. The van der Waals surface area contributed by atoms with Gasteiger partial charge in [0.05, 0.1) is 17.9 Å². The number of hydrogen-bond donors (Lipinski definition) is 2. The van der Waals surface area contributed by atoms with E-state index in [1.165, 1.54) is 5.69 Å². The lowest BCUT2D eigenvalue weighted by atomic mass is 10.0. The van der Waals surface area contributed by atoms with Crippen LogP contribution in [0.3, 0.4) is 0 Å². The highest BCUT2D eigenvalue weighted by atomic mass is 15.3. The first-order valence-corrected chi connectivity index (χ1v) is 6.56. The summed E-state index contributed by atoms with van der Waals surface area (Å²) in [6.07, 6.45) is 5.13. The van der Waals surface area contributed by atoms with Gasteiger partial charge in [0.15, 0.2) is 0 Å². The molecule has 0 aromatic carbocycles. The molecule has 0 aliphatic heterocycles. The Hall–Kier alpha value is -1.79. The maximum Gasteiger partial charge on any atom is 0.0624 e. The predicted octanol–water partition coefficient (Wildman–Crippen LogP) is 1.00. The third-order valence-corrected chi connectivity index (χ3v) is 3.20. The molecule has 2 aromatic heterocycles. The molecule has 0 bridgehead atoms. The lowest BCUT2D eigenvalue weighted by molar-refractivity contribution is 0.514. The third-order valence-electron chi connectivity index (χ3n) is 3.20. The van der Waals surface area contributed by atoms with Gasteiger partial charge in [-0.15, -0.1) is 0 Å². The minimum Gasteiger partial charge on any atom is -0.271 e. The number of hydrogen-bond acceptors (Lipinski definition) is 5. The van der Waals surface area contributed by atoms with Gasteiger partial charge in [-0.2, -0.15) is 15.3 Å². The Bertz CT molecular complexity index is 507. The summed E-state index contributed by atoms with van der Waals surface area (Å²) >= 11 is 0. The average Bonchev–Trinajstić information content (AvgIpc) is 2.87. The van der Waals surface area contributed by atoms with E-state index in [2.05, 4.69) is 40.6 Å². The molecule has 3 N–H and O–H groups in total. The van der Waals surface area contributed by atoms with Crippen LogP contribution in [-0.2, 0) is 19.4 Å². The minimum atomic E-state index is 0.0159. The molecule has 2 aromatic rings. The predicted molar refractivity (Wildman–Crippen MR) is 73.1 cm³/mol. The third kappa shape index (κ3) is 3.15. The van der Waals surface area contributed by atoms with Gasteiger partial charge in [0.2, 0.25) is 0 Å². The van der Waals surface area contributed by atoms with Gasteiger partial charge in [-0.3, -0.25) is 16.0 Å². The Labute approximate surface area is 113 Å². The fourth-order valence-electron chi connectivity index (χ4n) is 2.12. The van der Waals surface area contributed by atoms with Crippen LogP contribution in [0.2, 0.25) is 0 Å². The van der Waals surface area contributed by atoms with E-state index in [1.54, 1.807) is 12.4 Å². The van der Waals surface area contributed by atoms with Crippen molar-refractivity contribution < 1.29 is 0 Å². The average molecular weight is 260 g/mol. The summed E-state index contributed by atoms with van der Waals surface area (Å²) in [5.74, 6) is 5.66. The summed E-state index contributed by atoms with van der Waals surface area (Å²) in [6.45, 7) is 5.06. The summed E-state index contributed by atoms with van der Waals surface area (Å²) in [5, 5.41) is 12.2. The highest BCUT2D eigenvalue weighted by Gasteiger charge is 2.14. The molecular weight excluding hydrogens is 240 g/mol. The van der Waals surface area contributed by atoms with Crippen molar-refractivity contribution in [3.8, 4) is 0 Å². The topological polar surface area (TPSA) is 81.6 Å². The minimum absolute atomic E-state index is 0.0159. The van der Waals surface area contributed by atoms with Gasteiger partial charge in [0.1, 0.15) is 0 Å². The molecule has 0 aliphatic carbocycles. The number of aryl methyl sites for hydroxylation is 2. The number of aromatic nitrogens is 4. The van der Waals surface area contributed by atoms with Crippen molar-refractivity contribution in [1.29, 1.82) is 0 Å². The summed E-state index contributed by atoms with van der Waals surface area (Å²) in [6, 6.07) is 4.08. The first-order chi connectivity index (χ1) is 9.28. The van der Waals surface area contributed by atoms with Crippen LogP contribution in [0.15, 0.2) is 24.5 Å². The van der Waals surface area contributed by atoms with Crippen molar-refractivity contribution in [2.45, 2.75) is 39.3 Å². The van der Waals surface area contributed by atoms with Crippen LogP contribution < -0.4 is 11.3 Å². The highest BCUT2D eigenvalue weighted by molar-refractivity contribution is 5.18. The summed E-state index contributed by atoms with van der Waals surface area (Å²) in [4.78, 5) is 0. The van der Waals surface area contributed by atoms with Gasteiger partial charge in [-0.05, 0) is 31.0 Å². The maximum absolute atomic E-state index is 5.66. The van der Waals surface area contributed by atoms with Crippen molar-refractivity contribution in [3.63, 3.8) is 0 Å². The fourth-order valence-corrected chi connectivity index (χ4v) is 2.12. The normalized spacial score (nSPS) is 12.6. The van der Waals surface area contributed by atoms with Crippen molar-refractivity contribution in [3.05, 3.63) is 41.5 Å². The molecule has 0 aliphatic rings. The van der Waals surface area contributed by atoms with Crippen LogP contribution in [0.25, 0.3) is 0 Å². The lowest BCUT2D eigenvalue weighted by Gasteiger charge is -2.16. The van der Waals surface area contributed by atoms with Gasteiger partial charge in [0.25, 0.3) is 0 Å². The van der Waals surface area contributed by atoms with Crippen molar-refractivity contribution in [1.82, 2.24) is 25.4 Å². The van der Waals surface area contributed by atoms with Crippen molar-refractivity contribution in [2.24, 2.45) is 5.84 Å². The van der Waals surface area contributed by atoms with Gasteiger partial charge in [-0.25, -0.2) is 0 Å². The fraction of sp³-hybridized carbons (Fsp3) is 0.462. The number of hydrazine groups is 1. The number of rotatable bonds is 6. The Morgan fingerprint density at radius 3 is 2.79 bits per heavy atom. The van der Waals surface area contributed by atoms with E-state index in [0.717, 1.165) is 30.6 Å². The summed E-state index contributed by atoms with van der Waals surface area (Å²) in [7, 11) is 0. The van der Waals surface area contributed by atoms with E-state index in [0.29, 0.717) is 0 Å². The van der Waals surface area contributed by atoms with Crippen LogP contribution in [0, 0.1) is 0 Å². The zero-order valence-electron chi connectivity index (χ0n) is 11.4. The first-order valence-electron chi connectivity index (χ1n) is 6.56. The number of nitrogens with two attached hydrogens (primary N) is 1. The van der Waals surface area contributed by atoms with E-state index < -0.39 is 0 Å². The monoisotopic (exact) mass is 260 g/mol. The van der Waals surface area contributed by atoms with Crippen LogP contribution in [0.5, 0.6) is 0 Å². The lowest BCUT2D eigenvalue weighted by Crippen LogP contribution is -2.30.